The van der Waals surface area contributed by atoms with Crippen LogP contribution < -0.4 is 0 Å². The van der Waals surface area contributed by atoms with Crippen LogP contribution in [0.3, 0.4) is 0 Å². The third-order valence-corrected chi connectivity index (χ3v) is 6.76. The maximum atomic E-state index is 5.72. The fourth-order valence-electron chi connectivity index (χ4n) is 0.515. The van der Waals surface area contributed by atoms with Gasteiger partial charge in [0, 0.05) is 0 Å². The molecule has 0 aliphatic rings. The summed E-state index contributed by atoms with van der Waals surface area (Å²) in [6, 6.07) is 0. The summed E-state index contributed by atoms with van der Waals surface area (Å²) >= 11 is 0. The zero-order chi connectivity index (χ0) is 9.99. The van der Waals surface area contributed by atoms with E-state index in [1.54, 1.807) is 0 Å². The second-order valence-corrected chi connectivity index (χ2v) is 9.22. The molecule has 0 aromatic rings. The SMILES string of the molecule is [Au+].[CH-]=CC(=C)O[Si](C)(C)C(C)(C)C. The van der Waals surface area contributed by atoms with E-state index in [0.29, 0.717) is 5.76 Å². The van der Waals surface area contributed by atoms with Gasteiger partial charge >= 0.3 is 22.4 Å². The van der Waals surface area contributed by atoms with E-state index < -0.39 is 8.32 Å². The summed E-state index contributed by atoms with van der Waals surface area (Å²) in [7, 11) is -1.70. The van der Waals surface area contributed by atoms with Crippen LogP contribution >= 0.6 is 0 Å². The van der Waals surface area contributed by atoms with E-state index in [1.165, 1.54) is 6.08 Å². The molecule has 0 aliphatic carbocycles. The number of rotatable bonds is 3. The van der Waals surface area contributed by atoms with Crippen LogP contribution in [0, 0.1) is 6.58 Å². The van der Waals surface area contributed by atoms with Gasteiger partial charge in [0.25, 0.3) is 0 Å². The fraction of sp³-hybridized carbons (Fsp3) is 0.600. The molecule has 13 heavy (non-hydrogen) atoms. The van der Waals surface area contributed by atoms with Crippen molar-refractivity contribution >= 4 is 8.32 Å². The molecule has 0 atom stereocenters. The van der Waals surface area contributed by atoms with Gasteiger partial charge in [-0.25, -0.2) is 6.08 Å². The Morgan fingerprint density at radius 2 is 1.77 bits per heavy atom. The molecule has 0 rings (SSSR count). The molecule has 0 bridgehead atoms. The largest absolute Gasteiger partial charge is 1.00 e. The van der Waals surface area contributed by atoms with Crippen LogP contribution in [0.25, 0.3) is 0 Å². The molecule has 0 saturated carbocycles. The van der Waals surface area contributed by atoms with Crippen LogP contribution in [0.15, 0.2) is 18.4 Å². The summed E-state index contributed by atoms with van der Waals surface area (Å²) in [6.45, 7) is 19.9. The van der Waals surface area contributed by atoms with Gasteiger partial charge in [0.15, 0.2) is 0 Å². The van der Waals surface area contributed by atoms with Crippen LogP contribution in [0.2, 0.25) is 18.1 Å². The minimum atomic E-state index is -1.70. The van der Waals surface area contributed by atoms with Gasteiger partial charge in [-0.05, 0) is 18.1 Å². The Bertz CT molecular complexity index is 192. The van der Waals surface area contributed by atoms with Gasteiger partial charge in [0.1, 0.15) is 0 Å². The molecule has 1 nitrogen and oxygen atoms in total. The van der Waals surface area contributed by atoms with Crippen molar-refractivity contribution in [2.45, 2.75) is 38.9 Å². The van der Waals surface area contributed by atoms with Gasteiger partial charge < -0.3 is 4.43 Å². The molecular formula is C10H19AuOSi. The minimum absolute atomic E-state index is 0. The summed E-state index contributed by atoms with van der Waals surface area (Å²) in [5.41, 5.74) is 0. The maximum absolute atomic E-state index is 5.72. The average molecular weight is 380 g/mol. The Hall–Kier alpha value is 0.237. The van der Waals surface area contributed by atoms with Gasteiger partial charge in [0.05, 0.1) is 0 Å². The summed E-state index contributed by atoms with van der Waals surface area (Å²) in [6.07, 6.45) is 1.42. The molecule has 0 saturated heterocycles. The van der Waals surface area contributed by atoms with Gasteiger partial charge in [-0.15, -0.1) is 6.58 Å². The van der Waals surface area contributed by atoms with E-state index in [4.69, 9.17) is 11.0 Å². The van der Waals surface area contributed by atoms with E-state index in [9.17, 15) is 0 Å². The molecule has 0 heterocycles. The number of hydrogen-bond donors (Lipinski definition) is 0. The van der Waals surface area contributed by atoms with E-state index in [0.717, 1.165) is 0 Å². The molecule has 0 aromatic carbocycles. The van der Waals surface area contributed by atoms with E-state index in [-0.39, 0.29) is 27.4 Å². The van der Waals surface area contributed by atoms with Gasteiger partial charge in [-0.2, -0.15) is 0 Å². The van der Waals surface area contributed by atoms with Crippen molar-refractivity contribution in [3.8, 4) is 0 Å². The van der Waals surface area contributed by atoms with Crippen molar-refractivity contribution in [3.05, 3.63) is 25.0 Å². The summed E-state index contributed by atoms with van der Waals surface area (Å²) in [5, 5.41) is 0.207. The van der Waals surface area contributed by atoms with Crippen LogP contribution in [0.1, 0.15) is 20.8 Å². The quantitative estimate of drug-likeness (QED) is 0.315. The fourth-order valence-corrected chi connectivity index (χ4v) is 1.54. The first-order valence-corrected chi connectivity index (χ1v) is 7.04. The molecule has 3 heteroatoms. The Labute approximate surface area is 98.9 Å². The standard InChI is InChI=1S/C10H19OSi.Au/c1-8-9(2)11-12(6,7)10(3,4)5;/h1,8H,2H2,3-7H3;/q-1;+1. The smallest absolute Gasteiger partial charge is 0.631 e. The predicted molar refractivity (Wildman–Crippen MR) is 56.3 cm³/mol. The van der Waals surface area contributed by atoms with Crippen LogP contribution in [0.5, 0.6) is 0 Å². The normalized spacial score (nSPS) is 11.5. The van der Waals surface area contributed by atoms with Crippen LogP contribution in [0.4, 0.5) is 0 Å². The second kappa shape index (κ2) is 5.20. The van der Waals surface area contributed by atoms with Crippen molar-refractivity contribution in [1.82, 2.24) is 0 Å². The third kappa shape index (κ3) is 4.86. The topological polar surface area (TPSA) is 9.23 Å². The third-order valence-electron chi connectivity index (χ3n) is 2.38. The Kier molecular flexibility index (Phi) is 6.28. The van der Waals surface area contributed by atoms with Gasteiger partial charge in [0.2, 0.25) is 8.32 Å². The van der Waals surface area contributed by atoms with Gasteiger partial charge in [-0.3, -0.25) is 6.58 Å². The second-order valence-electron chi connectivity index (χ2n) is 4.50. The molecule has 0 amide bonds. The van der Waals surface area contributed by atoms with Gasteiger partial charge in [-0.1, -0.05) is 26.5 Å². The summed E-state index contributed by atoms with van der Waals surface area (Å²) in [4.78, 5) is 0. The minimum Gasteiger partial charge on any atom is -0.631 e. The number of hydrogen-bond acceptors (Lipinski definition) is 1. The number of allylic oxidation sites excluding steroid dienone is 1. The summed E-state index contributed by atoms with van der Waals surface area (Å²) in [5.74, 6) is 0.585. The molecular weight excluding hydrogens is 361 g/mol. The molecule has 0 unspecified atom stereocenters. The monoisotopic (exact) mass is 380 g/mol. The predicted octanol–water partition coefficient (Wildman–Crippen LogP) is 3.51. The first-order chi connectivity index (χ1) is 5.20. The van der Waals surface area contributed by atoms with E-state index in [2.05, 4.69) is 40.4 Å². The first kappa shape index (κ1) is 15.7. The Morgan fingerprint density at radius 1 is 1.38 bits per heavy atom. The molecule has 0 aromatic heterocycles. The molecule has 0 spiro atoms. The molecule has 80 valence electrons. The zero-order valence-corrected chi connectivity index (χ0v) is 12.2. The van der Waals surface area contributed by atoms with Crippen molar-refractivity contribution in [1.29, 1.82) is 0 Å². The van der Waals surface area contributed by atoms with Crippen molar-refractivity contribution in [3.63, 3.8) is 0 Å². The van der Waals surface area contributed by atoms with Crippen molar-refractivity contribution < 1.29 is 26.8 Å². The molecule has 0 fully saturated rings. The zero-order valence-electron chi connectivity index (χ0n) is 9.07. The Balaban J connectivity index is 0. The molecule has 0 radical (unpaired) electrons. The first-order valence-electron chi connectivity index (χ1n) is 4.13. The van der Waals surface area contributed by atoms with Crippen LogP contribution in [-0.4, -0.2) is 8.32 Å². The Morgan fingerprint density at radius 3 is 2.00 bits per heavy atom. The van der Waals surface area contributed by atoms with E-state index in [1.807, 2.05) is 0 Å². The molecule has 0 aliphatic heterocycles. The molecule has 0 N–H and O–H groups in total. The van der Waals surface area contributed by atoms with Crippen LogP contribution in [-0.2, 0) is 26.8 Å². The van der Waals surface area contributed by atoms with Crippen molar-refractivity contribution in [2.75, 3.05) is 0 Å². The maximum Gasteiger partial charge on any atom is 1.00 e. The van der Waals surface area contributed by atoms with Crippen molar-refractivity contribution in [2.24, 2.45) is 0 Å². The van der Waals surface area contributed by atoms with E-state index >= 15 is 0 Å². The average Bonchev–Trinajstić information content (AvgIpc) is 1.84. The summed E-state index contributed by atoms with van der Waals surface area (Å²) < 4.78 is 5.72.